The second-order valence-corrected chi connectivity index (χ2v) is 5.77. The summed E-state index contributed by atoms with van der Waals surface area (Å²) in [5, 5.41) is 3.36. The normalized spacial score (nSPS) is 16.1. The van der Waals surface area contributed by atoms with Crippen LogP contribution in [-0.2, 0) is 11.2 Å². The number of nitrogens with zero attached hydrogens (tertiary/aromatic N) is 1. The van der Waals surface area contributed by atoms with Crippen molar-refractivity contribution < 1.29 is 4.79 Å². The van der Waals surface area contributed by atoms with E-state index in [4.69, 9.17) is 0 Å². The summed E-state index contributed by atoms with van der Waals surface area (Å²) in [5.74, 6) is 0.271. The van der Waals surface area contributed by atoms with Gasteiger partial charge in [-0.05, 0) is 57.8 Å². The molecule has 1 fully saturated rings. The molecular formula is C17H26N2O. The quantitative estimate of drug-likeness (QED) is 0.914. The fraction of sp³-hybridized carbons (Fsp3) is 0.588. The minimum atomic E-state index is 0.271. The molecular weight excluding hydrogens is 248 g/mol. The van der Waals surface area contributed by atoms with Crippen molar-refractivity contribution in [2.75, 3.05) is 19.6 Å². The second kappa shape index (κ2) is 6.89. The van der Waals surface area contributed by atoms with Gasteiger partial charge in [0.2, 0.25) is 5.91 Å². The zero-order valence-electron chi connectivity index (χ0n) is 12.9. The van der Waals surface area contributed by atoms with Gasteiger partial charge in [0.15, 0.2) is 0 Å². The lowest BCUT2D eigenvalue weighted by Gasteiger charge is -2.34. The van der Waals surface area contributed by atoms with E-state index in [0.29, 0.717) is 12.5 Å². The summed E-state index contributed by atoms with van der Waals surface area (Å²) in [4.78, 5) is 14.7. The van der Waals surface area contributed by atoms with Gasteiger partial charge >= 0.3 is 0 Å². The number of hydrogen-bond acceptors (Lipinski definition) is 2. The Morgan fingerprint density at radius 1 is 1.30 bits per heavy atom. The van der Waals surface area contributed by atoms with Crippen molar-refractivity contribution in [2.45, 2.75) is 46.1 Å². The summed E-state index contributed by atoms with van der Waals surface area (Å²) < 4.78 is 0. The average Bonchev–Trinajstić information content (AvgIpc) is 2.45. The standard InChI is InChI=1S/C17H26N2O/c1-4-19(16-7-9-18-10-8-16)17(20)12-15-11-13(2)5-6-14(15)3/h5-6,11,16,18H,4,7-10,12H2,1-3H3. The molecule has 1 N–H and O–H groups in total. The summed E-state index contributed by atoms with van der Waals surface area (Å²) >= 11 is 0. The monoisotopic (exact) mass is 274 g/mol. The Morgan fingerprint density at radius 3 is 2.65 bits per heavy atom. The number of likely N-dealkylation sites (N-methyl/N-ethyl adjacent to an activating group) is 1. The van der Waals surface area contributed by atoms with Crippen LogP contribution in [0.25, 0.3) is 0 Å². The van der Waals surface area contributed by atoms with E-state index < -0.39 is 0 Å². The maximum atomic E-state index is 12.6. The number of rotatable bonds is 4. The van der Waals surface area contributed by atoms with Crippen LogP contribution in [0.15, 0.2) is 18.2 Å². The SMILES string of the molecule is CCN(C(=O)Cc1cc(C)ccc1C)C1CCNCC1. The van der Waals surface area contributed by atoms with Crippen LogP contribution in [0, 0.1) is 13.8 Å². The molecule has 1 heterocycles. The molecule has 0 aromatic heterocycles. The number of carbonyl (C=O) groups excluding carboxylic acids is 1. The zero-order valence-corrected chi connectivity index (χ0v) is 12.9. The van der Waals surface area contributed by atoms with Crippen molar-refractivity contribution in [2.24, 2.45) is 0 Å². The number of carbonyl (C=O) groups is 1. The first kappa shape index (κ1) is 15.0. The molecule has 0 bridgehead atoms. The predicted octanol–water partition coefficient (Wildman–Crippen LogP) is 2.45. The smallest absolute Gasteiger partial charge is 0.227 e. The maximum Gasteiger partial charge on any atom is 0.227 e. The lowest BCUT2D eigenvalue weighted by molar-refractivity contribution is -0.133. The largest absolute Gasteiger partial charge is 0.340 e. The van der Waals surface area contributed by atoms with Crippen molar-refractivity contribution in [3.63, 3.8) is 0 Å². The van der Waals surface area contributed by atoms with Gasteiger partial charge in [0.25, 0.3) is 0 Å². The molecule has 0 radical (unpaired) electrons. The first-order chi connectivity index (χ1) is 9.61. The van der Waals surface area contributed by atoms with Crippen LogP contribution < -0.4 is 5.32 Å². The molecule has 1 aliphatic heterocycles. The molecule has 1 amide bonds. The van der Waals surface area contributed by atoms with E-state index in [1.165, 1.54) is 16.7 Å². The molecule has 1 saturated heterocycles. The van der Waals surface area contributed by atoms with Gasteiger partial charge in [-0.2, -0.15) is 0 Å². The molecule has 1 aromatic carbocycles. The molecule has 1 aliphatic rings. The van der Waals surface area contributed by atoms with E-state index in [1.54, 1.807) is 0 Å². The number of aryl methyl sites for hydroxylation is 2. The highest BCUT2D eigenvalue weighted by Gasteiger charge is 2.24. The first-order valence-electron chi connectivity index (χ1n) is 7.68. The van der Waals surface area contributed by atoms with Gasteiger partial charge in [-0.15, -0.1) is 0 Å². The summed E-state index contributed by atoms with van der Waals surface area (Å²) in [5.41, 5.74) is 3.61. The minimum Gasteiger partial charge on any atom is -0.340 e. The molecule has 0 atom stereocenters. The molecule has 0 unspecified atom stereocenters. The summed E-state index contributed by atoms with van der Waals surface area (Å²) in [6, 6.07) is 6.77. The Kier molecular flexibility index (Phi) is 5.18. The third kappa shape index (κ3) is 3.60. The molecule has 110 valence electrons. The van der Waals surface area contributed by atoms with E-state index in [-0.39, 0.29) is 5.91 Å². The molecule has 0 spiro atoms. The third-order valence-corrected chi connectivity index (χ3v) is 4.26. The summed E-state index contributed by atoms with van der Waals surface area (Å²) in [6.45, 7) is 9.12. The van der Waals surface area contributed by atoms with Gasteiger partial charge in [-0.3, -0.25) is 4.79 Å². The molecule has 0 aliphatic carbocycles. The van der Waals surface area contributed by atoms with Crippen molar-refractivity contribution in [1.82, 2.24) is 10.2 Å². The van der Waals surface area contributed by atoms with Crippen molar-refractivity contribution in [3.8, 4) is 0 Å². The van der Waals surface area contributed by atoms with Crippen LogP contribution in [0.2, 0.25) is 0 Å². The maximum absolute atomic E-state index is 12.6. The third-order valence-electron chi connectivity index (χ3n) is 4.26. The highest BCUT2D eigenvalue weighted by Crippen LogP contribution is 2.16. The molecule has 2 rings (SSSR count). The van der Waals surface area contributed by atoms with Crippen molar-refractivity contribution in [1.29, 1.82) is 0 Å². The van der Waals surface area contributed by atoms with Gasteiger partial charge in [0.1, 0.15) is 0 Å². The molecule has 0 saturated carbocycles. The van der Waals surface area contributed by atoms with Crippen LogP contribution in [0.3, 0.4) is 0 Å². The Morgan fingerprint density at radius 2 is 2.00 bits per heavy atom. The highest BCUT2D eigenvalue weighted by molar-refractivity contribution is 5.79. The van der Waals surface area contributed by atoms with Crippen molar-refractivity contribution >= 4 is 5.91 Å². The number of nitrogens with one attached hydrogen (secondary N) is 1. The van der Waals surface area contributed by atoms with E-state index in [2.05, 4.69) is 49.2 Å². The minimum absolute atomic E-state index is 0.271. The number of hydrogen-bond donors (Lipinski definition) is 1. The Labute approximate surface area is 122 Å². The molecule has 3 heteroatoms. The topological polar surface area (TPSA) is 32.3 Å². The van der Waals surface area contributed by atoms with Gasteiger partial charge in [-0.25, -0.2) is 0 Å². The zero-order chi connectivity index (χ0) is 14.5. The summed E-state index contributed by atoms with van der Waals surface area (Å²) in [7, 11) is 0. The van der Waals surface area contributed by atoms with E-state index in [9.17, 15) is 4.79 Å². The Balaban J connectivity index is 2.06. The average molecular weight is 274 g/mol. The second-order valence-electron chi connectivity index (χ2n) is 5.77. The molecule has 1 aromatic rings. The highest BCUT2D eigenvalue weighted by atomic mass is 16.2. The van der Waals surface area contributed by atoms with Gasteiger partial charge in [0, 0.05) is 12.6 Å². The van der Waals surface area contributed by atoms with Crippen molar-refractivity contribution in [3.05, 3.63) is 34.9 Å². The van der Waals surface area contributed by atoms with Gasteiger partial charge in [-0.1, -0.05) is 23.8 Å². The number of benzene rings is 1. The fourth-order valence-corrected chi connectivity index (χ4v) is 3.01. The number of amides is 1. The van der Waals surface area contributed by atoms with Gasteiger partial charge in [0.05, 0.1) is 6.42 Å². The molecule has 20 heavy (non-hydrogen) atoms. The van der Waals surface area contributed by atoms with Crippen LogP contribution in [0.4, 0.5) is 0 Å². The first-order valence-corrected chi connectivity index (χ1v) is 7.68. The van der Waals surface area contributed by atoms with Gasteiger partial charge < -0.3 is 10.2 Å². The predicted molar refractivity (Wildman–Crippen MR) is 82.9 cm³/mol. The van der Waals surface area contributed by atoms with Crippen LogP contribution >= 0.6 is 0 Å². The lowest BCUT2D eigenvalue weighted by Crippen LogP contribution is -2.46. The summed E-state index contributed by atoms with van der Waals surface area (Å²) in [6.07, 6.45) is 2.68. The lowest BCUT2D eigenvalue weighted by atomic mass is 10.00. The molecule has 3 nitrogen and oxygen atoms in total. The van der Waals surface area contributed by atoms with E-state index in [1.807, 2.05) is 0 Å². The van der Waals surface area contributed by atoms with Crippen LogP contribution in [0.5, 0.6) is 0 Å². The Bertz CT molecular complexity index is 464. The van der Waals surface area contributed by atoms with Crippen LogP contribution in [-0.4, -0.2) is 36.5 Å². The van der Waals surface area contributed by atoms with Crippen LogP contribution in [0.1, 0.15) is 36.5 Å². The van der Waals surface area contributed by atoms with E-state index >= 15 is 0 Å². The Hall–Kier alpha value is -1.35. The number of piperidine rings is 1. The van der Waals surface area contributed by atoms with E-state index in [0.717, 1.165) is 32.5 Å². The fourth-order valence-electron chi connectivity index (χ4n) is 3.01.